The number of alkyl carbamates (subject to hydrolysis) is 1. The van der Waals surface area contributed by atoms with Crippen molar-refractivity contribution in [1.82, 2.24) is 25.1 Å². The summed E-state index contributed by atoms with van der Waals surface area (Å²) in [5, 5.41) is 27.0. The van der Waals surface area contributed by atoms with Crippen molar-refractivity contribution in [3.05, 3.63) is 72.1 Å². The lowest BCUT2D eigenvalue weighted by molar-refractivity contribution is -0.753. The van der Waals surface area contributed by atoms with Crippen molar-refractivity contribution in [1.29, 1.82) is 0 Å². The first-order chi connectivity index (χ1) is 17.9. The van der Waals surface area contributed by atoms with Gasteiger partial charge in [-0.25, -0.2) is 27.9 Å². The standard InChI is InChI=1S/C23H26F3N7O5/c1-13(20-18(26)8-28-10-30-20)23(37,16-4-3-15(24)7-17(16)25)9-33-12-32(11-31-33)14(2)38-22(36)29-6-5-19(27)21(34)35/h3-4,7-8,10-14,19,37H,5-6,9,27H2,1-2H3,(H-,29,34,35,36)/p+1/t13-,14?,19-,23+/m0/s1. The zero-order chi connectivity index (χ0) is 28.0. The number of carboxylic acids is 1. The van der Waals surface area contributed by atoms with Crippen LogP contribution in [0.25, 0.3) is 0 Å². The molecule has 1 unspecified atom stereocenters. The molecule has 0 aliphatic carbocycles. The molecule has 0 spiro atoms. The Morgan fingerprint density at radius 1 is 1.26 bits per heavy atom. The number of benzene rings is 1. The molecule has 204 valence electrons. The molecule has 1 aromatic carbocycles. The number of nitrogens with two attached hydrogens (primary N) is 1. The summed E-state index contributed by atoms with van der Waals surface area (Å²) in [4.78, 5) is 30.2. The third-order valence-corrected chi connectivity index (χ3v) is 5.96. The molecule has 5 N–H and O–H groups in total. The van der Waals surface area contributed by atoms with Gasteiger partial charge in [0.15, 0.2) is 5.82 Å². The first-order valence-corrected chi connectivity index (χ1v) is 11.4. The van der Waals surface area contributed by atoms with E-state index in [1.165, 1.54) is 35.8 Å². The maximum Gasteiger partial charge on any atom is 0.410 e. The summed E-state index contributed by atoms with van der Waals surface area (Å²) < 4.78 is 50.7. The second-order valence-corrected chi connectivity index (χ2v) is 8.58. The average Bonchev–Trinajstić information content (AvgIpc) is 3.32. The lowest BCUT2D eigenvalue weighted by Crippen LogP contribution is -2.42. The number of aliphatic carboxylic acids is 1. The molecule has 4 atom stereocenters. The number of ether oxygens (including phenoxy) is 1. The van der Waals surface area contributed by atoms with Gasteiger partial charge in [-0.1, -0.05) is 13.0 Å². The number of nitrogens with zero attached hydrogens (tertiary/aromatic N) is 5. The van der Waals surface area contributed by atoms with Gasteiger partial charge < -0.3 is 26.0 Å². The van der Waals surface area contributed by atoms with Crippen LogP contribution in [0.15, 0.2) is 43.4 Å². The van der Waals surface area contributed by atoms with E-state index in [1.807, 2.05) is 0 Å². The monoisotopic (exact) mass is 538 g/mol. The van der Waals surface area contributed by atoms with Crippen molar-refractivity contribution in [3.8, 4) is 0 Å². The number of hydrogen-bond acceptors (Lipinski definition) is 8. The molecule has 1 amide bonds. The van der Waals surface area contributed by atoms with Crippen LogP contribution in [0.2, 0.25) is 0 Å². The molecule has 0 aliphatic rings. The molecule has 0 radical (unpaired) electrons. The summed E-state index contributed by atoms with van der Waals surface area (Å²) >= 11 is 0. The van der Waals surface area contributed by atoms with Crippen molar-refractivity contribution in [2.75, 3.05) is 6.54 Å². The number of carboxylic acid groups (broad SMARTS) is 1. The zero-order valence-corrected chi connectivity index (χ0v) is 20.5. The van der Waals surface area contributed by atoms with Crippen LogP contribution < -0.4 is 15.6 Å². The van der Waals surface area contributed by atoms with Crippen LogP contribution in [-0.2, 0) is 21.7 Å². The van der Waals surface area contributed by atoms with E-state index in [-0.39, 0.29) is 24.2 Å². The minimum absolute atomic E-state index is 0.00642. The van der Waals surface area contributed by atoms with E-state index in [2.05, 4.69) is 20.4 Å². The lowest BCUT2D eigenvalue weighted by Gasteiger charge is -2.32. The number of carbonyl (C=O) groups is 2. The first-order valence-electron chi connectivity index (χ1n) is 11.4. The normalized spacial score (nSPS) is 15.2. The molecule has 38 heavy (non-hydrogen) atoms. The Labute approximate surface area is 214 Å². The largest absolute Gasteiger partial charge is 0.480 e. The van der Waals surface area contributed by atoms with Gasteiger partial charge in [-0.05, 0) is 12.5 Å². The predicted octanol–water partition coefficient (Wildman–Crippen LogP) is 1.12. The number of aromatic nitrogens is 5. The smallest absolute Gasteiger partial charge is 0.410 e. The van der Waals surface area contributed by atoms with E-state index in [0.29, 0.717) is 6.07 Å². The highest BCUT2D eigenvalue weighted by molar-refractivity contribution is 5.73. The van der Waals surface area contributed by atoms with Gasteiger partial charge in [0.2, 0.25) is 12.6 Å². The molecule has 0 saturated carbocycles. The van der Waals surface area contributed by atoms with Crippen LogP contribution in [0.4, 0.5) is 18.0 Å². The number of rotatable bonds is 11. The second kappa shape index (κ2) is 12.0. The molecule has 0 fully saturated rings. The Morgan fingerprint density at radius 2 is 2.00 bits per heavy atom. The van der Waals surface area contributed by atoms with Gasteiger partial charge in [-0.15, -0.1) is 4.68 Å². The minimum Gasteiger partial charge on any atom is -0.480 e. The van der Waals surface area contributed by atoms with Crippen molar-refractivity contribution in [3.63, 3.8) is 0 Å². The van der Waals surface area contributed by atoms with Crippen LogP contribution in [0.5, 0.6) is 0 Å². The van der Waals surface area contributed by atoms with Crippen LogP contribution in [0.3, 0.4) is 0 Å². The summed E-state index contributed by atoms with van der Waals surface area (Å²) in [6.45, 7) is 2.49. The number of amides is 1. The van der Waals surface area contributed by atoms with E-state index < -0.39 is 59.8 Å². The fourth-order valence-corrected chi connectivity index (χ4v) is 3.73. The van der Waals surface area contributed by atoms with Gasteiger partial charge in [0, 0.05) is 36.1 Å². The first kappa shape index (κ1) is 28.5. The molecular weight excluding hydrogens is 511 g/mol. The summed E-state index contributed by atoms with van der Waals surface area (Å²) in [6, 6.07) is 1.49. The molecular formula is C23H27F3N7O5+. The molecule has 0 bridgehead atoms. The predicted molar refractivity (Wildman–Crippen MR) is 123 cm³/mol. The Bertz CT molecular complexity index is 1290. The molecule has 3 aromatic rings. The molecule has 15 heteroatoms. The number of halogens is 3. The van der Waals surface area contributed by atoms with Crippen molar-refractivity contribution in [2.45, 2.75) is 50.6 Å². The lowest BCUT2D eigenvalue weighted by atomic mass is 9.79. The molecule has 2 heterocycles. The molecule has 3 rings (SSSR count). The van der Waals surface area contributed by atoms with E-state index in [0.717, 1.165) is 24.7 Å². The quantitative estimate of drug-likeness (QED) is 0.261. The van der Waals surface area contributed by atoms with Gasteiger partial charge in [0.05, 0.1) is 11.9 Å². The highest BCUT2D eigenvalue weighted by Crippen LogP contribution is 2.39. The minimum atomic E-state index is -2.15. The van der Waals surface area contributed by atoms with Crippen LogP contribution in [0.1, 0.15) is 43.7 Å². The summed E-state index contributed by atoms with van der Waals surface area (Å²) in [5.41, 5.74) is 2.72. The third-order valence-electron chi connectivity index (χ3n) is 5.96. The molecule has 12 nitrogen and oxygen atoms in total. The Morgan fingerprint density at radius 3 is 2.66 bits per heavy atom. The van der Waals surface area contributed by atoms with Crippen molar-refractivity contribution < 1.29 is 42.3 Å². The highest BCUT2D eigenvalue weighted by atomic mass is 19.1. The van der Waals surface area contributed by atoms with Gasteiger partial charge in [0.25, 0.3) is 6.33 Å². The molecule has 2 aromatic heterocycles. The molecule has 0 saturated heterocycles. The Balaban J connectivity index is 1.80. The van der Waals surface area contributed by atoms with Crippen LogP contribution in [0, 0.1) is 17.5 Å². The highest BCUT2D eigenvalue weighted by Gasteiger charge is 2.43. The van der Waals surface area contributed by atoms with Gasteiger partial charge in [-0.3, -0.25) is 4.79 Å². The average molecular weight is 539 g/mol. The van der Waals surface area contributed by atoms with E-state index >= 15 is 0 Å². The third kappa shape index (κ3) is 6.60. The van der Waals surface area contributed by atoms with Crippen molar-refractivity contribution >= 4 is 12.1 Å². The number of nitrogens with one attached hydrogen (secondary N) is 1. The van der Waals surface area contributed by atoms with Gasteiger partial charge >= 0.3 is 12.1 Å². The van der Waals surface area contributed by atoms with Gasteiger partial charge in [0.1, 0.15) is 36.1 Å². The van der Waals surface area contributed by atoms with E-state index in [9.17, 15) is 27.9 Å². The van der Waals surface area contributed by atoms with E-state index in [1.54, 1.807) is 0 Å². The topological polar surface area (TPSA) is 169 Å². The Kier molecular flexibility index (Phi) is 8.96. The van der Waals surface area contributed by atoms with Gasteiger partial charge in [-0.2, -0.15) is 4.57 Å². The van der Waals surface area contributed by atoms with Crippen molar-refractivity contribution in [2.24, 2.45) is 5.73 Å². The fourth-order valence-electron chi connectivity index (χ4n) is 3.73. The van der Waals surface area contributed by atoms with E-state index in [4.69, 9.17) is 15.6 Å². The summed E-state index contributed by atoms with van der Waals surface area (Å²) in [5.74, 6) is -5.08. The fraction of sp³-hybridized carbons (Fsp3) is 0.391. The number of hydrogen-bond donors (Lipinski definition) is 4. The number of carbonyl (C=O) groups excluding carboxylic acids is 1. The summed E-state index contributed by atoms with van der Waals surface area (Å²) in [6.07, 6.45) is 2.87. The number of aliphatic hydroxyl groups is 1. The SMILES string of the molecule is CC(OC(=O)NCC[C@H](N)C(=O)O)[n+]1cnn(C[C@](O)(c2ccc(F)cc2F)[C@@H](C)c2ncncc2F)c1. The summed E-state index contributed by atoms with van der Waals surface area (Å²) in [7, 11) is 0. The zero-order valence-electron chi connectivity index (χ0n) is 20.5. The van der Waals surface area contributed by atoms with Crippen LogP contribution in [-0.4, -0.2) is 54.6 Å². The molecule has 0 aliphatic heterocycles. The van der Waals surface area contributed by atoms with Crippen LogP contribution >= 0.6 is 0 Å². The Hall–Kier alpha value is -4.11. The maximum absolute atomic E-state index is 14.8. The maximum atomic E-state index is 14.8. The second-order valence-electron chi connectivity index (χ2n) is 8.58.